The fourth-order valence-corrected chi connectivity index (χ4v) is 2.66. The minimum Gasteiger partial charge on any atom is -0.312 e. The lowest BCUT2D eigenvalue weighted by molar-refractivity contribution is 0.214. The van der Waals surface area contributed by atoms with Crippen LogP contribution in [0.5, 0.6) is 0 Å². The quantitative estimate of drug-likeness (QED) is 0.729. The molecule has 88 valence electrons. The maximum atomic E-state index is 6.11. The minimum atomic E-state index is 0.340. The monoisotopic (exact) mass is 249 g/mol. The van der Waals surface area contributed by atoms with Crippen molar-refractivity contribution in [1.82, 2.24) is 5.32 Å². The molecule has 1 nitrogen and oxygen atoms in total. The van der Waals surface area contributed by atoms with Crippen molar-refractivity contribution in [2.75, 3.05) is 19.0 Å². The Kier molecular flexibility index (Phi) is 6.03. The van der Waals surface area contributed by atoms with Crippen LogP contribution in [0.25, 0.3) is 0 Å². The van der Waals surface area contributed by atoms with Gasteiger partial charge in [-0.2, -0.15) is 0 Å². The standard InChI is InChI=1S/C12H21Cl2N/c1-11(7-13)8-15-10-12(9-14)5-3-2-4-6-12/h7,15H,2-6,8-10H2,1H3. The Morgan fingerprint density at radius 2 is 2.00 bits per heavy atom. The Morgan fingerprint density at radius 1 is 1.33 bits per heavy atom. The largest absolute Gasteiger partial charge is 0.312 e. The molecule has 1 aliphatic carbocycles. The van der Waals surface area contributed by atoms with E-state index in [0.717, 1.165) is 19.0 Å². The number of rotatable bonds is 5. The summed E-state index contributed by atoms with van der Waals surface area (Å²) in [7, 11) is 0. The van der Waals surface area contributed by atoms with Crippen LogP contribution in [0.3, 0.4) is 0 Å². The molecule has 1 rings (SSSR count). The second-order valence-electron chi connectivity index (χ2n) is 4.75. The summed E-state index contributed by atoms with van der Waals surface area (Å²) >= 11 is 11.7. The molecule has 0 aliphatic heterocycles. The van der Waals surface area contributed by atoms with E-state index in [2.05, 4.69) is 5.32 Å². The lowest BCUT2D eigenvalue weighted by Crippen LogP contribution is -2.38. The van der Waals surface area contributed by atoms with Gasteiger partial charge >= 0.3 is 0 Å². The molecule has 15 heavy (non-hydrogen) atoms. The molecular weight excluding hydrogens is 229 g/mol. The highest BCUT2D eigenvalue weighted by atomic mass is 35.5. The summed E-state index contributed by atoms with van der Waals surface area (Å²) in [6, 6.07) is 0. The first-order chi connectivity index (χ1) is 7.22. The van der Waals surface area contributed by atoms with Gasteiger partial charge in [0.05, 0.1) is 0 Å². The number of alkyl halides is 1. The topological polar surface area (TPSA) is 12.0 Å². The third kappa shape index (κ3) is 4.34. The number of nitrogens with one attached hydrogen (secondary N) is 1. The fraction of sp³-hybridized carbons (Fsp3) is 0.833. The maximum absolute atomic E-state index is 6.11. The Hall–Kier alpha value is 0.280. The molecule has 1 aliphatic rings. The van der Waals surface area contributed by atoms with Gasteiger partial charge in [-0.25, -0.2) is 0 Å². The average molecular weight is 250 g/mol. The van der Waals surface area contributed by atoms with Crippen molar-refractivity contribution in [3.63, 3.8) is 0 Å². The van der Waals surface area contributed by atoms with Crippen LogP contribution in [-0.2, 0) is 0 Å². The predicted octanol–water partition coefficient (Wildman–Crippen LogP) is 3.91. The molecule has 0 aromatic heterocycles. The molecule has 0 atom stereocenters. The minimum absolute atomic E-state index is 0.340. The highest BCUT2D eigenvalue weighted by Gasteiger charge is 2.30. The molecule has 3 heteroatoms. The van der Waals surface area contributed by atoms with Gasteiger partial charge in [0.15, 0.2) is 0 Å². The molecule has 1 fully saturated rings. The third-order valence-electron chi connectivity index (χ3n) is 3.29. The van der Waals surface area contributed by atoms with Crippen molar-refractivity contribution in [2.24, 2.45) is 5.41 Å². The first kappa shape index (κ1) is 13.3. The Bertz CT molecular complexity index is 208. The first-order valence-corrected chi connectivity index (χ1v) is 6.72. The van der Waals surface area contributed by atoms with E-state index in [9.17, 15) is 0 Å². The van der Waals surface area contributed by atoms with Crippen LogP contribution >= 0.6 is 23.2 Å². The molecule has 0 saturated heterocycles. The van der Waals surface area contributed by atoms with Crippen LogP contribution in [0, 0.1) is 5.41 Å². The van der Waals surface area contributed by atoms with E-state index in [-0.39, 0.29) is 0 Å². The second-order valence-corrected chi connectivity index (χ2v) is 5.24. The summed E-state index contributed by atoms with van der Waals surface area (Å²) in [5.74, 6) is 0.781. The van der Waals surface area contributed by atoms with Gasteiger partial charge in [0, 0.05) is 24.5 Å². The van der Waals surface area contributed by atoms with Crippen LogP contribution < -0.4 is 5.32 Å². The molecular formula is C12H21Cl2N. The van der Waals surface area contributed by atoms with Crippen LogP contribution in [0.4, 0.5) is 0 Å². The molecule has 0 unspecified atom stereocenters. The van der Waals surface area contributed by atoms with Crippen LogP contribution in [0.15, 0.2) is 11.1 Å². The molecule has 1 N–H and O–H groups in total. The summed E-state index contributed by atoms with van der Waals surface area (Å²) < 4.78 is 0. The third-order valence-corrected chi connectivity index (χ3v) is 4.23. The Morgan fingerprint density at radius 3 is 2.53 bits per heavy atom. The van der Waals surface area contributed by atoms with Gasteiger partial charge in [-0.05, 0) is 30.8 Å². The van der Waals surface area contributed by atoms with Gasteiger partial charge in [-0.3, -0.25) is 0 Å². The summed E-state index contributed by atoms with van der Waals surface area (Å²) in [6.45, 7) is 3.94. The highest BCUT2D eigenvalue weighted by molar-refractivity contribution is 6.25. The SMILES string of the molecule is CC(=CCl)CNCC1(CCl)CCCCC1. The molecule has 0 radical (unpaired) electrons. The van der Waals surface area contributed by atoms with Gasteiger partial charge in [0.2, 0.25) is 0 Å². The molecule has 0 spiro atoms. The first-order valence-electron chi connectivity index (χ1n) is 5.75. The van der Waals surface area contributed by atoms with E-state index in [4.69, 9.17) is 23.2 Å². The number of hydrogen-bond acceptors (Lipinski definition) is 1. The summed E-state index contributed by atoms with van der Waals surface area (Å²) in [4.78, 5) is 0. The Labute approximate surface area is 103 Å². The van der Waals surface area contributed by atoms with E-state index >= 15 is 0 Å². The van der Waals surface area contributed by atoms with E-state index in [0.29, 0.717) is 5.41 Å². The van der Waals surface area contributed by atoms with Crippen molar-refractivity contribution in [2.45, 2.75) is 39.0 Å². The van der Waals surface area contributed by atoms with Gasteiger partial charge in [0.1, 0.15) is 0 Å². The zero-order valence-corrected chi connectivity index (χ0v) is 11.0. The molecule has 0 amide bonds. The lowest BCUT2D eigenvalue weighted by Gasteiger charge is -2.35. The highest BCUT2D eigenvalue weighted by Crippen LogP contribution is 2.36. The van der Waals surface area contributed by atoms with Gasteiger partial charge in [-0.15, -0.1) is 11.6 Å². The number of hydrogen-bond donors (Lipinski definition) is 1. The van der Waals surface area contributed by atoms with Crippen molar-refractivity contribution in [1.29, 1.82) is 0 Å². The molecule has 0 aromatic carbocycles. The van der Waals surface area contributed by atoms with Gasteiger partial charge < -0.3 is 5.32 Å². The van der Waals surface area contributed by atoms with E-state index in [1.54, 1.807) is 5.54 Å². The van der Waals surface area contributed by atoms with Crippen LogP contribution in [0.2, 0.25) is 0 Å². The predicted molar refractivity (Wildman–Crippen MR) is 68.7 cm³/mol. The Balaban J connectivity index is 2.32. The van der Waals surface area contributed by atoms with Crippen molar-refractivity contribution < 1.29 is 0 Å². The normalized spacial score (nSPS) is 21.7. The summed E-state index contributed by atoms with van der Waals surface area (Å²) in [5.41, 5.74) is 3.16. The van der Waals surface area contributed by atoms with Gasteiger partial charge in [0.25, 0.3) is 0 Å². The maximum Gasteiger partial charge on any atom is 0.0292 e. The van der Waals surface area contributed by atoms with Gasteiger partial charge in [-0.1, -0.05) is 30.9 Å². The zero-order chi connectivity index (χ0) is 11.1. The van der Waals surface area contributed by atoms with Crippen LogP contribution in [0.1, 0.15) is 39.0 Å². The average Bonchev–Trinajstić information content (AvgIpc) is 2.30. The fourth-order valence-electron chi connectivity index (χ4n) is 2.22. The van der Waals surface area contributed by atoms with Crippen molar-refractivity contribution >= 4 is 23.2 Å². The molecule has 1 saturated carbocycles. The lowest BCUT2D eigenvalue weighted by atomic mass is 9.75. The van der Waals surface area contributed by atoms with Crippen molar-refractivity contribution in [3.05, 3.63) is 11.1 Å². The molecule has 0 heterocycles. The number of halogens is 2. The van der Waals surface area contributed by atoms with E-state index in [1.165, 1.54) is 37.7 Å². The zero-order valence-electron chi connectivity index (χ0n) is 9.49. The van der Waals surface area contributed by atoms with E-state index < -0.39 is 0 Å². The van der Waals surface area contributed by atoms with Crippen LogP contribution in [-0.4, -0.2) is 19.0 Å². The van der Waals surface area contributed by atoms with E-state index in [1.807, 2.05) is 6.92 Å². The van der Waals surface area contributed by atoms with Crippen molar-refractivity contribution in [3.8, 4) is 0 Å². The molecule has 0 aromatic rings. The summed E-state index contributed by atoms with van der Waals surface area (Å²) in [6.07, 6.45) is 6.58. The molecule has 0 bridgehead atoms. The summed E-state index contributed by atoms with van der Waals surface area (Å²) in [5, 5.41) is 3.46. The second kappa shape index (κ2) is 6.78. The smallest absolute Gasteiger partial charge is 0.0292 e.